The maximum Gasteiger partial charge on any atom is 0.312 e. The van der Waals surface area contributed by atoms with Gasteiger partial charge >= 0.3 is 6.03 Å². The number of rotatable bonds is 9. The van der Waals surface area contributed by atoms with Crippen molar-refractivity contribution >= 4 is 23.5 Å². The molecule has 0 bridgehead atoms. The van der Waals surface area contributed by atoms with E-state index in [1.165, 1.54) is 0 Å². The molecular formula is C18H26N4O4. The van der Waals surface area contributed by atoms with E-state index in [-0.39, 0.29) is 24.3 Å². The minimum absolute atomic E-state index is 0.0158. The van der Waals surface area contributed by atoms with Crippen LogP contribution in [-0.4, -0.2) is 35.5 Å². The van der Waals surface area contributed by atoms with Crippen LogP contribution in [0, 0.1) is 5.92 Å². The minimum atomic E-state index is -0.685. The Morgan fingerprint density at radius 3 is 2.42 bits per heavy atom. The number of hydrogen-bond donors (Lipinski definition) is 5. The molecule has 1 aliphatic carbocycles. The number of amides is 4. The number of primary amides is 1. The molecule has 0 aliphatic heterocycles. The molecule has 1 fully saturated rings. The molecular weight excluding hydrogens is 336 g/mol. The summed E-state index contributed by atoms with van der Waals surface area (Å²) in [6.07, 6.45) is 3.64. The van der Waals surface area contributed by atoms with Crippen molar-refractivity contribution in [3.63, 3.8) is 0 Å². The van der Waals surface area contributed by atoms with Crippen LogP contribution in [0.15, 0.2) is 24.3 Å². The standard InChI is InChI=1S/C18H26N4O4/c19-18(26)20-10-2-5-15(22-16(24)13-3-1-4-13)17(25)21-14-8-6-12(11-23)7-9-14/h6-9,13,15,23H,1-5,10-11H2,(H,21,25)(H,22,24)(H3,19,20,26)/t15-/m0/s1. The summed E-state index contributed by atoms with van der Waals surface area (Å²) in [7, 11) is 0. The van der Waals surface area contributed by atoms with Gasteiger partial charge in [0.15, 0.2) is 0 Å². The first-order valence-electron chi connectivity index (χ1n) is 8.84. The van der Waals surface area contributed by atoms with E-state index in [0.717, 1.165) is 24.8 Å². The molecule has 0 radical (unpaired) electrons. The highest BCUT2D eigenvalue weighted by atomic mass is 16.3. The number of nitrogens with two attached hydrogens (primary N) is 1. The largest absolute Gasteiger partial charge is 0.392 e. The van der Waals surface area contributed by atoms with Crippen molar-refractivity contribution in [3.05, 3.63) is 29.8 Å². The number of nitrogens with one attached hydrogen (secondary N) is 3. The molecule has 1 aromatic rings. The van der Waals surface area contributed by atoms with Gasteiger partial charge in [-0.3, -0.25) is 9.59 Å². The Morgan fingerprint density at radius 1 is 1.19 bits per heavy atom. The monoisotopic (exact) mass is 362 g/mol. The molecule has 1 saturated carbocycles. The summed E-state index contributed by atoms with van der Waals surface area (Å²) in [5, 5.41) is 17.1. The molecule has 8 nitrogen and oxygen atoms in total. The van der Waals surface area contributed by atoms with Crippen molar-refractivity contribution in [1.29, 1.82) is 0 Å². The highest BCUT2D eigenvalue weighted by Crippen LogP contribution is 2.26. The van der Waals surface area contributed by atoms with Crippen molar-refractivity contribution in [2.75, 3.05) is 11.9 Å². The van der Waals surface area contributed by atoms with Crippen LogP contribution in [0.25, 0.3) is 0 Å². The summed E-state index contributed by atoms with van der Waals surface area (Å²) in [6, 6.07) is 5.53. The van der Waals surface area contributed by atoms with Gasteiger partial charge in [-0.05, 0) is 43.4 Å². The van der Waals surface area contributed by atoms with Crippen molar-refractivity contribution < 1.29 is 19.5 Å². The lowest BCUT2D eigenvalue weighted by atomic mass is 9.84. The SMILES string of the molecule is NC(=O)NCCC[C@H](NC(=O)C1CCC1)C(=O)Nc1ccc(CO)cc1. The molecule has 0 heterocycles. The third kappa shape index (κ3) is 6.03. The van der Waals surface area contributed by atoms with Crippen LogP contribution in [0.2, 0.25) is 0 Å². The van der Waals surface area contributed by atoms with E-state index in [0.29, 0.717) is 25.1 Å². The third-order valence-electron chi connectivity index (χ3n) is 4.48. The van der Waals surface area contributed by atoms with Gasteiger partial charge in [-0.1, -0.05) is 18.6 Å². The number of hydrogen-bond acceptors (Lipinski definition) is 4. The van der Waals surface area contributed by atoms with E-state index in [1.807, 2.05) is 0 Å². The van der Waals surface area contributed by atoms with Crippen LogP contribution in [0.1, 0.15) is 37.7 Å². The smallest absolute Gasteiger partial charge is 0.312 e. The molecule has 0 unspecified atom stereocenters. The van der Waals surface area contributed by atoms with Gasteiger partial charge in [-0.15, -0.1) is 0 Å². The van der Waals surface area contributed by atoms with Crippen molar-refractivity contribution in [3.8, 4) is 0 Å². The number of carbonyl (C=O) groups excluding carboxylic acids is 3. The van der Waals surface area contributed by atoms with E-state index in [4.69, 9.17) is 10.8 Å². The summed E-state index contributed by atoms with van der Waals surface area (Å²) in [6.45, 7) is 0.269. The van der Waals surface area contributed by atoms with Crippen LogP contribution in [0.5, 0.6) is 0 Å². The Balaban J connectivity index is 1.93. The van der Waals surface area contributed by atoms with Gasteiger partial charge in [0.1, 0.15) is 6.04 Å². The molecule has 8 heteroatoms. The molecule has 2 rings (SSSR count). The van der Waals surface area contributed by atoms with Gasteiger partial charge in [-0.25, -0.2) is 4.79 Å². The first-order chi connectivity index (χ1) is 12.5. The predicted molar refractivity (Wildman–Crippen MR) is 97.1 cm³/mol. The second-order valence-corrected chi connectivity index (χ2v) is 6.47. The molecule has 4 amide bonds. The maximum absolute atomic E-state index is 12.6. The van der Waals surface area contributed by atoms with Crippen LogP contribution < -0.4 is 21.7 Å². The number of aliphatic hydroxyl groups excluding tert-OH is 1. The Labute approximate surface area is 152 Å². The Kier molecular flexibility index (Phi) is 7.40. The zero-order chi connectivity index (χ0) is 18.9. The minimum Gasteiger partial charge on any atom is -0.392 e. The van der Waals surface area contributed by atoms with Gasteiger partial charge in [0.25, 0.3) is 0 Å². The average molecular weight is 362 g/mol. The number of anilines is 1. The van der Waals surface area contributed by atoms with E-state index in [1.54, 1.807) is 24.3 Å². The molecule has 0 saturated heterocycles. The predicted octanol–water partition coefficient (Wildman–Crippen LogP) is 0.851. The second-order valence-electron chi connectivity index (χ2n) is 6.47. The topological polar surface area (TPSA) is 134 Å². The third-order valence-corrected chi connectivity index (χ3v) is 4.48. The lowest BCUT2D eigenvalue weighted by Gasteiger charge is -2.27. The zero-order valence-electron chi connectivity index (χ0n) is 14.7. The Bertz CT molecular complexity index is 629. The van der Waals surface area contributed by atoms with Gasteiger partial charge in [0.2, 0.25) is 11.8 Å². The molecule has 0 aromatic heterocycles. The summed E-state index contributed by atoms with van der Waals surface area (Å²) < 4.78 is 0. The molecule has 6 N–H and O–H groups in total. The summed E-state index contributed by atoms with van der Waals surface area (Å²) in [5.74, 6) is -0.429. The Morgan fingerprint density at radius 2 is 1.88 bits per heavy atom. The van der Waals surface area contributed by atoms with E-state index in [9.17, 15) is 14.4 Å². The number of urea groups is 1. The highest BCUT2D eigenvalue weighted by molar-refractivity contribution is 5.97. The number of benzene rings is 1. The van der Waals surface area contributed by atoms with Crippen molar-refractivity contribution in [2.45, 2.75) is 44.8 Å². The van der Waals surface area contributed by atoms with Gasteiger partial charge < -0.3 is 26.8 Å². The molecule has 1 aromatic carbocycles. The maximum atomic E-state index is 12.6. The number of aliphatic hydroxyl groups is 1. The molecule has 0 spiro atoms. The van der Waals surface area contributed by atoms with Gasteiger partial charge in [-0.2, -0.15) is 0 Å². The quantitative estimate of drug-likeness (QED) is 0.416. The molecule has 1 aliphatic rings. The summed E-state index contributed by atoms with van der Waals surface area (Å²) in [4.78, 5) is 35.5. The van der Waals surface area contributed by atoms with Crippen LogP contribution in [0.4, 0.5) is 10.5 Å². The van der Waals surface area contributed by atoms with Crippen LogP contribution in [-0.2, 0) is 16.2 Å². The van der Waals surface area contributed by atoms with E-state index < -0.39 is 12.1 Å². The lowest BCUT2D eigenvalue weighted by Crippen LogP contribution is -2.47. The van der Waals surface area contributed by atoms with Gasteiger partial charge in [0, 0.05) is 18.2 Å². The molecule has 142 valence electrons. The van der Waals surface area contributed by atoms with Crippen molar-refractivity contribution in [2.24, 2.45) is 11.7 Å². The lowest BCUT2D eigenvalue weighted by molar-refractivity contribution is -0.131. The summed E-state index contributed by atoms with van der Waals surface area (Å²) >= 11 is 0. The summed E-state index contributed by atoms with van der Waals surface area (Å²) in [5.41, 5.74) is 6.36. The second kappa shape index (κ2) is 9.76. The highest BCUT2D eigenvalue weighted by Gasteiger charge is 2.29. The number of carbonyl (C=O) groups is 3. The van der Waals surface area contributed by atoms with E-state index >= 15 is 0 Å². The van der Waals surface area contributed by atoms with Crippen LogP contribution >= 0.6 is 0 Å². The molecule has 26 heavy (non-hydrogen) atoms. The fraction of sp³-hybridized carbons (Fsp3) is 0.500. The fourth-order valence-corrected chi connectivity index (χ4v) is 2.67. The van der Waals surface area contributed by atoms with Crippen LogP contribution in [0.3, 0.4) is 0 Å². The van der Waals surface area contributed by atoms with Gasteiger partial charge in [0.05, 0.1) is 6.61 Å². The van der Waals surface area contributed by atoms with Crippen molar-refractivity contribution in [1.82, 2.24) is 10.6 Å². The first kappa shape index (κ1) is 19.7. The fourth-order valence-electron chi connectivity index (χ4n) is 2.67. The normalized spacial score (nSPS) is 14.8. The van der Waals surface area contributed by atoms with E-state index in [2.05, 4.69) is 16.0 Å². The molecule has 1 atom stereocenters. The average Bonchev–Trinajstić information content (AvgIpc) is 2.56. The Hall–Kier alpha value is -2.61. The zero-order valence-corrected chi connectivity index (χ0v) is 14.7. The first-order valence-corrected chi connectivity index (χ1v) is 8.84.